The van der Waals surface area contributed by atoms with Gasteiger partial charge in [-0.3, -0.25) is 19.2 Å². The minimum Gasteiger partial charge on any atom is -0.322 e. The number of nitro benzene ring substituents is 1. The van der Waals surface area contributed by atoms with E-state index >= 15 is 0 Å². The Morgan fingerprint density at radius 1 is 1.29 bits per heavy atom. The van der Waals surface area contributed by atoms with Crippen molar-refractivity contribution in [2.24, 2.45) is 0 Å². The Morgan fingerprint density at radius 2 is 2.04 bits per heavy atom. The Kier molecular flexibility index (Phi) is 5.37. The number of sulfonamides is 1. The van der Waals surface area contributed by atoms with Crippen LogP contribution in [-0.2, 0) is 16.4 Å². The lowest BCUT2D eigenvalue weighted by atomic mass is 10.0. The molecule has 0 saturated carbocycles. The van der Waals surface area contributed by atoms with E-state index in [0.717, 1.165) is 5.56 Å². The van der Waals surface area contributed by atoms with Crippen LogP contribution in [0.5, 0.6) is 0 Å². The van der Waals surface area contributed by atoms with Crippen LogP contribution >= 0.6 is 0 Å². The molecule has 0 unspecified atom stereocenters. The minimum atomic E-state index is -3.35. The van der Waals surface area contributed by atoms with Crippen LogP contribution in [0.25, 0.3) is 0 Å². The number of hydrogen-bond acceptors (Lipinski definition) is 5. The first-order valence-electron chi connectivity index (χ1n) is 8.93. The lowest BCUT2D eigenvalue weighted by molar-refractivity contribution is -0.385. The number of nitro groups is 1. The average molecular weight is 403 g/mol. The normalized spacial score (nSPS) is 13.7. The third kappa shape index (κ3) is 3.70. The fourth-order valence-corrected chi connectivity index (χ4v) is 4.55. The maximum Gasteiger partial charge on any atom is 0.273 e. The summed E-state index contributed by atoms with van der Waals surface area (Å²) < 4.78 is 26.0. The van der Waals surface area contributed by atoms with E-state index in [1.54, 1.807) is 25.1 Å². The van der Waals surface area contributed by atoms with Gasteiger partial charge in [0.2, 0.25) is 10.0 Å². The summed E-state index contributed by atoms with van der Waals surface area (Å²) in [5.41, 5.74) is 2.41. The van der Waals surface area contributed by atoms with Crippen molar-refractivity contribution in [3.05, 3.63) is 63.2 Å². The summed E-state index contributed by atoms with van der Waals surface area (Å²) in [6.45, 7) is 3.59. The highest BCUT2D eigenvalue weighted by Gasteiger charge is 2.26. The lowest BCUT2D eigenvalue weighted by Gasteiger charge is -2.30. The second-order valence-electron chi connectivity index (χ2n) is 6.58. The van der Waals surface area contributed by atoms with Gasteiger partial charge >= 0.3 is 0 Å². The number of nitrogens with zero attached hydrogens (tertiary/aromatic N) is 2. The fourth-order valence-electron chi connectivity index (χ4n) is 3.35. The highest BCUT2D eigenvalue weighted by molar-refractivity contribution is 7.92. The molecule has 0 atom stereocenters. The molecule has 0 radical (unpaired) electrons. The van der Waals surface area contributed by atoms with Crippen LogP contribution < -0.4 is 9.62 Å². The zero-order valence-electron chi connectivity index (χ0n) is 15.6. The van der Waals surface area contributed by atoms with Gasteiger partial charge in [0.25, 0.3) is 11.6 Å². The van der Waals surface area contributed by atoms with E-state index in [4.69, 9.17) is 0 Å². The van der Waals surface area contributed by atoms with Crippen molar-refractivity contribution >= 4 is 33.0 Å². The topological polar surface area (TPSA) is 110 Å². The summed E-state index contributed by atoms with van der Waals surface area (Å²) in [6, 6.07) is 9.46. The largest absolute Gasteiger partial charge is 0.322 e. The zero-order chi connectivity index (χ0) is 20.5. The first-order chi connectivity index (χ1) is 13.2. The third-order valence-corrected chi connectivity index (χ3v) is 6.64. The van der Waals surface area contributed by atoms with Gasteiger partial charge in [-0.2, -0.15) is 0 Å². The molecule has 148 valence electrons. The average Bonchev–Trinajstić information content (AvgIpc) is 2.67. The number of aryl methyl sites for hydroxylation is 1. The molecule has 1 aliphatic rings. The second-order valence-corrected chi connectivity index (χ2v) is 8.76. The van der Waals surface area contributed by atoms with Crippen molar-refractivity contribution in [3.8, 4) is 0 Å². The van der Waals surface area contributed by atoms with Crippen molar-refractivity contribution in [2.45, 2.75) is 26.7 Å². The molecule has 1 aliphatic heterocycles. The van der Waals surface area contributed by atoms with Gasteiger partial charge in [-0.25, -0.2) is 8.42 Å². The smallest absolute Gasteiger partial charge is 0.273 e. The van der Waals surface area contributed by atoms with E-state index in [2.05, 4.69) is 5.32 Å². The lowest BCUT2D eigenvalue weighted by Crippen LogP contribution is -2.36. The molecule has 28 heavy (non-hydrogen) atoms. The van der Waals surface area contributed by atoms with Crippen LogP contribution in [0.15, 0.2) is 36.4 Å². The third-order valence-electron chi connectivity index (χ3n) is 4.86. The Balaban J connectivity index is 1.88. The van der Waals surface area contributed by atoms with Gasteiger partial charge in [0.15, 0.2) is 0 Å². The summed E-state index contributed by atoms with van der Waals surface area (Å²) in [7, 11) is -3.35. The molecule has 0 aromatic heterocycles. The Bertz CT molecular complexity index is 1050. The molecule has 0 fully saturated rings. The van der Waals surface area contributed by atoms with E-state index in [-0.39, 0.29) is 17.0 Å². The van der Waals surface area contributed by atoms with Crippen LogP contribution in [0.4, 0.5) is 17.1 Å². The van der Waals surface area contributed by atoms with Gasteiger partial charge < -0.3 is 5.32 Å². The molecule has 1 amide bonds. The molecule has 9 heteroatoms. The summed E-state index contributed by atoms with van der Waals surface area (Å²) in [5, 5.41) is 13.8. The van der Waals surface area contributed by atoms with E-state index < -0.39 is 20.9 Å². The van der Waals surface area contributed by atoms with Crippen LogP contribution in [-0.4, -0.2) is 31.5 Å². The van der Waals surface area contributed by atoms with Crippen molar-refractivity contribution in [2.75, 3.05) is 21.9 Å². The van der Waals surface area contributed by atoms with Crippen LogP contribution in [0.3, 0.4) is 0 Å². The molecule has 8 nitrogen and oxygen atoms in total. The number of fused-ring (bicyclic) bond motifs is 1. The molecule has 1 N–H and O–H groups in total. The van der Waals surface area contributed by atoms with E-state index in [1.165, 1.54) is 29.4 Å². The predicted octanol–water partition coefficient (Wildman–Crippen LogP) is 3.26. The van der Waals surface area contributed by atoms with E-state index in [9.17, 15) is 23.3 Å². The summed E-state index contributed by atoms with van der Waals surface area (Å²) in [6.07, 6.45) is 1.41. The van der Waals surface area contributed by atoms with Gasteiger partial charge in [0, 0.05) is 29.4 Å². The molecule has 0 spiro atoms. The molecule has 2 aromatic rings. The van der Waals surface area contributed by atoms with E-state index in [0.29, 0.717) is 36.3 Å². The highest BCUT2D eigenvalue weighted by atomic mass is 32.2. The Labute approximate surface area is 163 Å². The Morgan fingerprint density at radius 3 is 2.71 bits per heavy atom. The van der Waals surface area contributed by atoms with Gasteiger partial charge in [0.05, 0.1) is 16.4 Å². The molecule has 0 aliphatic carbocycles. The molecule has 2 aromatic carbocycles. The molecule has 0 saturated heterocycles. The summed E-state index contributed by atoms with van der Waals surface area (Å²) in [4.78, 5) is 23.2. The molecular formula is C19H21N3O5S. The van der Waals surface area contributed by atoms with Crippen LogP contribution in [0, 0.1) is 17.0 Å². The molecule has 3 rings (SSSR count). The standard InChI is InChI=1S/C19H21N3O5S/c1-3-28(26,27)21-11-5-6-14-12-15(9-10-18(14)21)20-19(23)16-7-4-8-17(13(16)2)22(24)25/h4,7-10,12H,3,5-6,11H2,1-2H3,(H,20,23). The first-order valence-corrected chi connectivity index (χ1v) is 10.5. The van der Waals surface area contributed by atoms with E-state index in [1.807, 2.05) is 0 Å². The summed E-state index contributed by atoms with van der Waals surface area (Å²) >= 11 is 0. The number of rotatable bonds is 5. The van der Waals surface area contributed by atoms with Crippen molar-refractivity contribution in [1.82, 2.24) is 0 Å². The quantitative estimate of drug-likeness (QED) is 0.609. The Hall–Kier alpha value is -2.94. The molecule has 0 bridgehead atoms. The number of hydrogen-bond donors (Lipinski definition) is 1. The van der Waals surface area contributed by atoms with Gasteiger partial charge in [-0.1, -0.05) is 6.07 Å². The fraction of sp³-hybridized carbons (Fsp3) is 0.316. The van der Waals surface area contributed by atoms with Gasteiger partial charge in [-0.15, -0.1) is 0 Å². The summed E-state index contributed by atoms with van der Waals surface area (Å²) in [5.74, 6) is -0.424. The molecule has 1 heterocycles. The van der Waals surface area contributed by atoms with Gasteiger partial charge in [-0.05, 0) is 56.5 Å². The number of carbonyl (C=O) groups excluding carboxylic acids is 1. The first kappa shape index (κ1) is 19.8. The maximum absolute atomic E-state index is 12.6. The number of anilines is 2. The predicted molar refractivity (Wildman–Crippen MR) is 107 cm³/mol. The van der Waals surface area contributed by atoms with Crippen LogP contribution in [0.2, 0.25) is 0 Å². The maximum atomic E-state index is 12.6. The molecular weight excluding hydrogens is 382 g/mol. The zero-order valence-corrected chi connectivity index (χ0v) is 16.5. The SMILES string of the molecule is CCS(=O)(=O)N1CCCc2cc(NC(=O)c3cccc([N+](=O)[O-])c3C)ccc21. The minimum absolute atomic E-state index is 0.0248. The van der Waals surface area contributed by atoms with Crippen molar-refractivity contribution in [3.63, 3.8) is 0 Å². The van der Waals surface area contributed by atoms with Gasteiger partial charge in [0.1, 0.15) is 0 Å². The number of benzene rings is 2. The number of carbonyl (C=O) groups is 1. The number of amides is 1. The highest BCUT2D eigenvalue weighted by Crippen LogP contribution is 2.32. The van der Waals surface area contributed by atoms with Crippen LogP contribution in [0.1, 0.15) is 34.8 Å². The number of nitrogens with one attached hydrogen (secondary N) is 1. The van der Waals surface area contributed by atoms with Crippen molar-refractivity contribution < 1.29 is 18.1 Å². The second kappa shape index (κ2) is 7.59. The van der Waals surface area contributed by atoms with Crippen molar-refractivity contribution in [1.29, 1.82) is 0 Å². The monoisotopic (exact) mass is 403 g/mol.